The van der Waals surface area contributed by atoms with Gasteiger partial charge in [0.2, 0.25) is 0 Å². The number of thiazole rings is 1. The number of anilines is 2. The molecule has 2 N–H and O–H groups in total. The molecule has 0 saturated heterocycles. The summed E-state index contributed by atoms with van der Waals surface area (Å²) in [6.45, 7) is 8.98. The molecule has 0 bridgehead atoms. The van der Waals surface area contributed by atoms with Crippen LogP contribution in [0.2, 0.25) is 0 Å². The van der Waals surface area contributed by atoms with Crippen molar-refractivity contribution in [3.05, 3.63) is 105 Å². The second kappa shape index (κ2) is 14.9. The van der Waals surface area contributed by atoms with Gasteiger partial charge >= 0.3 is 0 Å². The van der Waals surface area contributed by atoms with E-state index < -0.39 is 12.1 Å². The molecule has 4 rings (SSSR count). The molecule has 4 aromatic rings. The van der Waals surface area contributed by atoms with Crippen LogP contribution in [0.4, 0.5) is 11.4 Å². The number of pyridine rings is 1. The van der Waals surface area contributed by atoms with Crippen molar-refractivity contribution in [1.82, 2.24) is 20.2 Å². The maximum atomic E-state index is 13.9. The Bertz CT molecular complexity index is 1630. The summed E-state index contributed by atoms with van der Waals surface area (Å²) < 4.78 is 0. The summed E-state index contributed by atoms with van der Waals surface area (Å²) >= 11 is 1.51. The van der Waals surface area contributed by atoms with Crippen molar-refractivity contribution < 1.29 is 14.7 Å². The zero-order chi connectivity index (χ0) is 33.6. The number of aromatic nitrogens is 2. The summed E-state index contributed by atoms with van der Waals surface area (Å²) in [5, 5.41) is 17.5. The third-order valence-electron chi connectivity index (χ3n) is 7.90. The highest BCUT2D eigenvalue weighted by Crippen LogP contribution is 2.25. The average Bonchev–Trinajstić information content (AvgIpc) is 3.44. The Balaban J connectivity index is 1.58. The van der Waals surface area contributed by atoms with E-state index in [1.807, 2.05) is 79.8 Å². The van der Waals surface area contributed by atoms with Gasteiger partial charge in [-0.25, -0.2) is 4.98 Å². The van der Waals surface area contributed by atoms with E-state index in [0.717, 1.165) is 33.2 Å². The van der Waals surface area contributed by atoms with Crippen LogP contribution in [0.3, 0.4) is 0 Å². The van der Waals surface area contributed by atoms with Crippen molar-refractivity contribution in [2.24, 2.45) is 0 Å². The number of aryl methyl sites for hydroxylation is 1. The van der Waals surface area contributed by atoms with Gasteiger partial charge in [0.1, 0.15) is 5.01 Å². The number of nitrogens with zero attached hydrogens (tertiary/aromatic N) is 5. The number of carbonyl (C=O) groups is 2. The first-order valence-corrected chi connectivity index (χ1v) is 16.3. The van der Waals surface area contributed by atoms with Gasteiger partial charge in [0, 0.05) is 68.8 Å². The average molecular weight is 643 g/mol. The molecule has 0 unspecified atom stereocenters. The molecular weight excluding hydrogens is 597 g/mol. The summed E-state index contributed by atoms with van der Waals surface area (Å²) in [7, 11) is 7.38. The van der Waals surface area contributed by atoms with Crippen LogP contribution in [0.25, 0.3) is 0 Å². The van der Waals surface area contributed by atoms with Gasteiger partial charge in [0.25, 0.3) is 11.8 Å². The normalized spacial score (nSPS) is 12.7. The van der Waals surface area contributed by atoms with Gasteiger partial charge in [-0.15, -0.1) is 11.3 Å². The smallest absolute Gasteiger partial charge is 0.254 e. The van der Waals surface area contributed by atoms with Crippen LogP contribution < -0.4 is 15.1 Å². The largest absolute Gasteiger partial charge is 0.389 e. The Kier molecular flexibility index (Phi) is 11.2. The Hall–Kier alpha value is -4.28. The van der Waals surface area contributed by atoms with Crippen LogP contribution in [0.5, 0.6) is 0 Å². The van der Waals surface area contributed by atoms with E-state index in [4.69, 9.17) is 0 Å². The van der Waals surface area contributed by atoms with Crippen molar-refractivity contribution >= 4 is 34.5 Å². The fourth-order valence-corrected chi connectivity index (χ4v) is 5.88. The van der Waals surface area contributed by atoms with Gasteiger partial charge in [-0.05, 0) is 54.2 Å². The quantitative estimate of drug-likeness (QED) is 0.216. The summed E-state index contributed by atoms with van der Waals surface area (Å²) in [6.07, 6.45) is 3.17. The second-order valence-corrected chi connectivity index (χ2v) is 14.0. The first kappa shape index (κ1) is 34.6. The third-order valence-corrected chi connectivity index (χ3v) is 8.85. The number of likely N-dealkylation sites (N-methyl/N-ethyl adjacent to an activating group) is 1. The number of rotatable bonds is 12. The number of amides is 2. The molecule has 0 saturated carbocycles. The topological polar surface area (TPSA) is 102 Å². The number of carbonyl (C=O) groups excluding carboxylic acids is 2. The van der Waals surface area contributed by atoms with Crippen molar-refractivity contribution in [3.8, 4) is 0 Å². The summed E-state index contributed by atoms with van der Waals surface area (Å²) in [6, 6.07) is 16.4. The number of hydrogen-bond donors (Lipinski definition) is 2. The van der Waals surface area contributed by atoms with Gasteiger partial charge in [0.15, 0.2) is 0 Å². The number of benzene rings is 2. The molecule has 0 aliphatic carbocycles. The van der Waals surface area contributed by atoms with E-state index in [0.29, 0.717) is 24.1 Å². The van der Waals surface area contributed by atoms with Crippen molar-refractivity contribution in [2.75, 3.05) is 44.5 Å². The lowest BCUT2D eigenvalue weighted by atomic mass is 9.88. The minimum Gasteiger partial charge on any atom is -0.389 e. The molecule has 9 nitrogen and oxygen atoms in total. The van der Waals surface area contributed by atoms with Gasteiger partial charge in [0.05, 0.1) is 30.6 Å². The first-order valence-electron chi connectivity index (χ1n) is 15.4. The van der Waals surface area contributed by atoms with E-state index in [1.54, 1.807) is 36.3 Å². The lowest BCUT2D eigenvalue weighted by molar-refractivity contribution is 0.0785. The molecule has 0 spiro atoms. The molecule has 244 valence electrons. The minimum absolute atomic E-state index is 0.0672. The number of hydrogen-bond acceptors (Lipinski definition) is 8. The Labute approximate surface area is 276 Å². The van der Waals surface area contributed by atoms with Crippen molar-refractivity contribution in [2.45, 2.75) is 58.2 Å². The van der Waals surface area contributed by atoms with Crippen LogP contribution in [0, 0.1) is 6.92 Å². The molecular formula is C36H46N6O3S. The molecule has 2 aromatic heterocycles. The van der Waals surface area contributed by atoms with E-state index in [1.165, 1.54) is 11.3 Å². The summed E-state index contributed by atoms with van der Waals surface area (Å²) in [5.74, 6) is -0.575. The highest BCUT2D eigenvalue weighted by molar-refractivity contribution is 7.09. The monoisotopic (exact) mass is 642 g/mol. The van der Waals surface area contributed by atoms with E-state index in [-0.39, 0.29) is 23.8 Å². The molecule has 2 aromatic carbocycles. The molecule has 10 heteroatoms. The SMILES string of the molecule is Cc1csc(CN(C)C(=O)c2cc(C(=O)N[C@@H](Cc3ccccc3)[C@H](O)CN(C)c3cncc(C(C)(C)C)c3)cc(N(C)C)c2)n1. The number of nitrogens with one attached hydrogen (secondary N) is 1. The van der Waals surface area contributed by atoms with E-state index in [2.05, 4.69) is 42.1 Å². The van der Waals surface area contributed by atoms with Gasteiger partial charge in [-0.1, -0.05) is 51.1 Å². The van der Waals surface area contributed by atoms with E-state index >= 15 is 0 Å². The van der Waals surface area contributed by atoms with Gasteiger partial charge in [-0.3, -0.25) is 14.6 Å². The second-order valence-electron chi connectivity index (χ2n) is 13.1. The zero-order valence-corrected chi connectivity index (χ0v) is 28.9. The molecule has 0 radical (unpaired) electrons. The predicted octanol–water partition coefficient (Wildman–Crippen LogP) is 5.32. The standard InChI is InChI=1S/C36H46N6O3S/c1-24-23-46-33(38-24)22-42(8)35(45)27-15-26(16-29(17-27)40(5)6)34(44)39-31(14-25-12-10-9-11-13-25)32(43)21-41(7)30-18-28(19-37-20-30)36(2,3)4/h9-13,15-20,23,31-32,43H,14,21-22H2,1-8H3,(H,39,44)/t31-,32+/m0/s1. The summed E-state index contributed by atoms with van der Waals surface area (Å²) in [4.78, 5) is 41.7. The van der Waals surface area contributed by atoms with Crippen LogP contribution in [0.15, 0.2) is 72.4 Å². The fourth-order valence-electron chi connectivity index (χ4n) is 5.06. The number of aliphatic hydroxyl groups is 1. The maximum Gasteiger partial charge on any atom is 0.254 e. The Morgan fingerprint density at radius 1 is 0.957 bits per heavy atom. The highest BCUT2D eigenvalue weighted by Gasteiger charge is 2.26. The van der Waals surface area contributed by atoms with Crippen LogP contribution in [-0.4, -0.2) is 78.7 Å². The molecule has 0 fully saturated rings. The molecule has 0 aliphatic heterocycles. The van der Waals surface area contributed by atoms with E-state index in [9.17, 15) is 14.7 Å². The molecule has 2 atom stereocenters. The molecule has 0 aliphatic rings. The Morgan fingerprint density at radius 3 is 2.28 bits per heavy atom. The van der Waals surface area contributed by atoms with Crippen molar-refractivity contribution in [1.29, 1.82) is 0 Å². The minimum atomic E-state index is -0.904. The Morgan fingerprint density at radius 2 is 1.65 bits per heavy atom. The maximum absolute atomic E-state index is 13.9. The molecule has 2 amide bonds. The van der Waals surface area contributed by atoms with Crippen molar-refractivity contribution in [3.63, 3.8) is 0 Å². The van der Waals surface area contributed by atoms with Crippen LogP contribution in [-0.2, 0) is 18.4 Å². The van der Waals surface area contributed by atoms with Gasteiger partial charge < -0.3 is 25.1 Å². The third kappa shape index (κ3) is 9.14. The van der Waals surface area contributed by atoms with Crippen LogP contribution >= 0.6 is 11.3 Å². The number of aliphatic hydroxyl groups excluding tert-OH is 1. The van der Waals surface area contributed by atoms with Crippen LogP contribution in [0.1, 0.15) is 63.3 Å². The summed E-state index contributed by atoms with van der Waals surface area (Å²) in [5.41, 5.74) is 5.29. The molecule has 46 heavy (non-hydrogen) atoms. The predicted molar refractivity (Wildman–Crippen MR) is 187 cm³/mol. The first-order chi connectivity index (χ1) is 21.7. The highest BCUT2D eigenvalue weighted by atomic mass is 32.1. The molecule has 2 heterocycles. The fraction of sp³-hybridized carbons (Fsp3) is 0.389. The lowest BCUT2D eigenvalue weighted by Gasteiger charge is -2.30. The lowest BCUT2D eigenvalue weighted by Crippen LogP contribution is -2.49. The zero-order valence-electron chi connectivity index (χ0n) is 28.1. The van der Waals surface area contributed by atoms with Gasteiger partial charge in [-0.2, -0.15) is 0 Å².